The van der Waals surface area contributed by atoms with Crippen molar-refractivity contribution in [2.24, 2.45) is 0 Å². The predicted molar refractivity (Wildman–Crippen MR) is 68.7 cm³/mol. The number of amides is 2. The molecular formula is C11H19N2O5S+. The van der Waals surface area contributed by atoms with Gasteiger partial charge in [-0.1, -0.05) is 0 Å². The third-order valence-corrected chi connectivity index (χ3v) is 3.80. The van der Waals surface area contributed by atoms with Gasteiger partial charge in [0.15, 0.2) is 0 Å². The zero-order valence-corrected chi connectivity index (χ0v) is 11.9. The van der Waals surface area contributed by atoms with Crippen molar-refractivity contribution in [2.45, 2.75) is 6.42 Å². The summed E-state index contributed by atoms with van der Waals surface area (Å²) in [6, 6.07) is 0. The van der Waals surface area contributed by atoms with Gasteiger partial charge in [-0.25, -0.2) is 0 Å². The Balaban J connectivity index is 2.38. The summed E-state index contributed by atoms with van der Waals surface area (Å²) in [6.45, 7) is 1.36. The molecular weight excluding hydrogens is 272 g/mol. The van der Waals surface area contributed by atoms with Gasteiger partial charge in [-0.3, -0.25) is 19.0 Å². The van der Waals surface area contributed by atoms with Crippen LogP contribution in [0.4, 0.5) is 0 Å². The van der Waals surface area contributed by atoms with Crippen LogP contribution in [0.2, 0.25) is 0 Å². The highest BCUT2D eigenvalue weighted by molar-refractivity contribution is 7.85. The van der Waals surface area contributed by atoms with E-state index < -0.39 is 10.1 Å². The average Bonchev–Trinajstić information content (AvgIpc) is 2.54. The monoisotopic (exact) mass is 291 g/mol. The molecule has 19 heavy (non-hydrogen) atoms. The number of quaternary nitrogens is 1. The van der Waals surface area contributed by atoms with E-state index in [0.717, 1.165) is 4.90 Å². The maximum atomic E-state index is 11.3. The fourth-order valence-electron chi connectivity index (χ4n) is 1.81. The molecule has 0 aliphatic carbocycles. The molecule has 108 valence electrons. The van der Waals surface area contributed by atoms with Crippen LogP contribution in [-0.4, -0.2) is 73.7 Å². The standard InChI is InChI=1S/C11H18N2O5S/c1-13(2,7-3-9-19(16,17)18)8-6-12-10(14)4-5-11(12)15/h4-5H,3,6-9H2,1-2H3/p+1. The summed E-state index contributed by atoms with van der Waals surface area (Å²) in [5.74, 6) is -0.913. The lowest BCUT2D eigenvalue weighted by atomic mass is 10.3. The van der Waals surface area contributed by atoms with E-state index in [1.807, 2.05) is 14.1 Å². The molecule has 1 aliphatic heterocycles. The lowest BCUT2D eigenvalue weighted by molar-refractivity contribution is -0.889. The number of hydrogen-bond donors (Lipinski definition) is 1. The Morgan fingerprint density at radius 1 is 1.16 bits per heavy atom. The van der Waals surface area contributed by atoms with Gasteiger partial charge in [0.25, 0.3) is 21.9 Å². The lowest BCUT2D eigenvalue weighted by Gasteiger charge is -2.31. The normalized spacial score (nSPS) is 16.5. The van der Waals surface area contributed by atoms with E-state index in [1.54, 1.807) is 0 Å². The fraction of sp³-hybridized carbons (Fsp3) is 0.636. The molecule has 0 fully saturated rings. The number of carbonyl (C=O) groups is 2. The third kappa shape index (κ3) is 5.50. The first-order valence-corrected chi connectivity index (χ1v) is 7.52. The number of likely N-dealkylation sites (N-methyl/N-ethyl adjacent to an activating group) is 1. The van der Waals surface area contributed by atoms with E-state index >= 15 is 0 Å². The molecule has 1 N–H and O–H groups in total. The van der Waals surface area contributed by atoms with Crippen LogP contribution in [0.25, 0.3) is 0 Å². The van der Waals surface area contributed by atoms with Crippen molar-refractivity contribution in [3.63, 3.8) is 0 Å². The highest BCUT2D eigenvalue weighted by Crippen LogP contribution is 2.06. The Kier molecular flexibility index (Phi) is 4.83. The molecule has 1 aliphatic rings. The first-order valence-electron chi connectivity index (χ1n) is 5.91. The van der Waals surface area contributed by atoms with E-state index in [4.69, 9.17) is 4.55 Å². The Hall–Kier alpha value is -1.25. The van der Waals surface area contributed by atoms with Crippen molar-refractivity contribution in [3.05, 3.63) is 12.2 Å². The summed E-state index contributed by atoms with van der Waals surface area (Å²) < 4.78 is 30.3. The Morgan fingerprint density at radius 3 is 2.16 bits per heavy atom. The number of imide groups is 1. The molecule has 0 spiro atoms. The second kappa shape index (κ2) is 5.81. The number of hydrogen-bond acceptors (Lipinski definition) is 4. The summed E-state index contributed by atoms with van der Waals surface area (Å²) in [5, 5.41) is 0. The molecule has 0 saturated heterocycles. The summed E-state index contributed by atoms with van der Waals surface area (Å²) in [4.78, 5) is 23.8. The van der Waals surface area contributed by atoms with Gasteiger partial charge < -0.3 is 4.48 Å². The second-order valence-electron chi connectivity index (χ2n) is 5.18. The van der Waals surface area contributed by atoms with Gasteiger partial charge in [-0.15, -0.1) is 0 Å². The Morgan fingerprint density at radius 2 is 1.68 bits per heavy atom. The third-order valence-electron chi connectivity index (χ3n) is 3.00. The second-order valence-corrected chi connectivity index (χ2v) is 6.76. The molecule has 0 saturated carbocycles. The van der Waals surface area contributed by atoms with Gasteiger partial charge >= 0.3 is 0 Å². The molecule has 0 radical (unpaired) electrons. The molecule has 1 heterocycles. The molecule has 2 amide bonds. The maximum absolute atomic E-state index is 11.3. The van der Waals surface area contributed by atoms with Crippen LogP contribution < -0.4 is 0 Å². The smallest absolute Gasteiger partial charge is 0.265 e. The Bertz CT molecular complexity index is 477. The Labute approximate surface area is 112 Å². The van der Waals surface area contributed by atoms with Crippen molar-refractivity contribution < 1.29 is 27.0 Å². The fourth-order valence-corrected chi connectivity index (χ4v) is 2.30. The van der Waals surface area contributed by atoms with Crippen molar-refractivity contribution in [2.75, 3.05) is 39.5 Å². The molecule has 0 bridgehead atoms. The topological polar surface area (TPSA) is 91.8 Å². The van der Waals surface area contributed by atoms with Gasteiger partial charge in [0.05, 0.1) is 39.5 Å². The molecule has 1 rings (SSSR count). The largest absolute Gasteiger partial charge is 0.327 e. The zero-order valence-electron chi connectivity index (χ0n) is 11.1. The minimum atomic E-state index is -3.93. The van der Waals surface area contributed by atoms with Crippen LogP contribution in [0.3, 0.4) is 0 Å². The minimum Gasteiger partial charge on any atom is -0.327 e. The SMILES string of the molecule is C[N+](C)(CCCS(=O)(=O)O)CCN1C(=O)C=CC1=O. The quantitative estimate of drug-likeness (QED) is 0.379. The van der Waals surface area contributed by atoms with E-state index in [0.29, 0.717) is 30.5 Å². The molecule has 7 nitrogen and oxygen atoms in total. The van der Waals surface area contributed by atoms with Gasteiger partial charge in [0.2, 0.25) is 0 Å². The zero-order chi connectivity index (χ0) is 14.7. The van der Waals surface area contributed by atoms with Crippen LogP contribution in [0.5, 0.6) is 0 Å². The number of carbonyl (C=O) groups excluding carboxylic acids is 2. The van der Waals surface area contributed by atoms with Crippen LogP contribution >= 0.6 is 0 Å². The minimum absolute atomic E-state index is 0.280. The van der Waals surface area contributed by atoms with Crippen molar-refractivity contribution in [3.8, 4) is 0 Å². The number of rotatable bonds is 7. The van der Waals surface area contributed by atoms with Crippen molar-refractivity contribution in [1.82, 2.24) is 4.90 Å². The first kappa shape index (κ1) is 15.8. The first-order chi connectivity index (χ1) is 8.61. The van der Waals surface area contributed by atoms with E-state index in [-0.39, 0.29) is 17.6 Å². The number of nitrogens with zero attached hydrogens (tertiary/aromatic N) is 2. The van der Waals surface area contributed by atoms with Gasteiger partial charge in [-0.2, -0.15) is 8.42 Å². The van der Waals surface area contributed by atoms with Gasteiger partial charge in [0, 0.05) is 18.6 Å². The highest BCUT2D eigenvalue weighted by atomic mass is 32.2. The van der Waals surface area contributed by atoms with E-state index in [1.165, 1.54) is 12.2 Å². The molecule has 8 heteroatoms. The average molecular weight is 291 g/mol. The molecule has 0 atom stereocenters. The van der Waals surface area contributed by atoms with E-state index in [2.05, 4.69) is 0 Å². The summed E-state index contributed by atoms with van der Waals surface area (Å²) >= 11 is 0. The van der Waals surface area contributed by atoms with Gasteiger partial charge in [-0.05, 0) is 0 Å². The van der Waals surface area contributed by atoms with Crippen molar-refractivity contribution >= 4 is 21.9 Å². The molecule has 0 aromatic rings. The highest BCUT2D eigenvalue weighted by Gasteiger charge is 2.26. The summed E-state index contributed by atoms with van der Waals surface area (Å²) in [5.41, 5.74) is 0. The summed E-state index contributed by atoms with van der Waals surface area (Å²) in [6.07, 6.45) is 2.80. The van der Waals surface area contributed by atoms with Crippen LogP contribution in [0.1, 0.15) is 6.42 Å². The van der Waals surface area contributed by atoms with Crippen molar-refractivity contribution in [1.29, 1.82) is 0 Å². The molecule has 0 unspecified atom stereocenters. The van der Waals surface area contributed by atoms with Gasteiger partial charge in [0.1, 0.15) is 0 Å². The summed E-state index contributed by atoms with van der Waals surface area (Å²) in [7, 11) is -0.178. The maximum Gasteiger partial charge on any atom is 0.265 e. The predicted octanol–water partition coefficient (Wildman–Crippen LogP) is -0.734. The molecule has 0 aromatic heterocycles. The van der Waals surface area contributed by atoms with Crippen LogP contribution in [-0.2, 0) is 19.7 Å². The lowest BCUT2D eigenvalue weighted by Crippen LogP contribution is -2.47. The van der Waals surface area contributed by atoms with E-state index in [9.17, 15) is 18.0 Å². The van der Waals surface area contributed by atoms with Crippen LogP contribution in [0.15, 0.2) is 12.2 Å². The molecule has 0 aromatic carbocycles. The van der Waals surface area contributed by atoms with Crippen LogP contribution in [0, 0.1) is 0 Å².